The quantitative estimate of drug-likeness (QED) is 0.658. The molecule has 0 saturated heterocycles. The molecule has 80 valence electrons. The van der Waals surface area contributed by atoms with Crippen LogP contribution in [-0.4, -0.2) is 19.7 Å². The minimum atomic E-state index is 0.879. The van der Waals surface area contributed by atoms with Crippen molar-refractivity contribution in [3.8, 4) is 0 Å². The Kier molecular flexibility index (Phi) is 6.16. The Morgan fingerprint density at radius 1 is 1.50 bits per heavy atom. The fourth-order valence-corrected chi connectivity index (χ4v) is 1.38. The molecule has 1 rings (SSSR count). The minimum Gasteiger partial charge on any atom is -0.494 e. The van der Waals surface area contributed by atoms with Crippen molar-refractivity contribution in [1.82, 2.24) is 5.32 Å². The highest BCUT2D eigenvalue weighted by atomic mass is 16.5. The number of nitrogens with one attached hydrogen (secondary N) is 1. The SMILES string of the molecule is CCCNCC/C=C/C1=CCCCO1. The van der Waals surface area contributed by atoms with Crippen LogP contribution in [-0.2, 0) is 4.74 Å². The van der Waals surface area contributed by atoms with Gasteiger partial charge in [-0.2, -0.15) is 0 Å². The molecular weight excluding hydrogens is 174 g/mol. The van der Waals surface area contributed by atoms with Crippen molar-refractivity contribution >= 4 is 0 Å². The van der Waals surface area contributed by atoms with Gasteiger partial charge in [0.2, 0.25) is 0 Å². The molecule has 0 unspecified atom stereocenters. The highest BCUT2D eigenvalue weighted by Gasteiger charge is 1.98. The number of allylic oxidation sites excluding steroid dienone is 2. The minimum absolute atomic E-state index is 0.879. The van der Waals surface area contributed by atoms with Crippen molar-refractivity contribution in [2.45, 2.75) is 32.6 Å². The Labute approximate surface area is 87.0 Å². The van der Waals surface area contributed by atoms with Gasteiger partial charge in [-0.25, -0.2) is 0 Å². The van der Waals surface area contributed by atoms with Crippen LogP contribution < -0.4 is 5.32 Å². The lowest BCUT2D eigenvalue weighted by atomic mass is 10.2. The fourth-order valence-electron chi connectivity index (χ4n) is 1.38. The van der Waals surface area contributed by atoms with Crippen molar-refractivity contribution < 1.29 is 4.74 Å². The van der Waals surface area contributed by atoms with E-state index < -0.39 is 0 Å². The number of hydrogen-bond acceptors (Lipinski definition) is 2. The van der Waals surface area contributed by atoms with Crippen LogP contribution in [0.15, 0.2) is 24.0 Å². The molecule has 0 radical (unpaired) electrons. The maximum absolute atomic E-state index is 5.46. The first-order valence-corrected chi connectivity index (χ1v) is 5.63. The van der Waals surface area contributed by atoms with E-state index in [4.69, 9.17) is 4.74 Å². The number of ether oxygens (including phenoxy) is 1. The van der Waals surface area contributed by atoms with E-state index in [2.05, 4.69) is 30.5 Å². The molecule has 0 fully saturated rings. The summed E-state index contributed by atoms with van der Waals surface area (Å²) in [5.74, 6) is 1.05. The van der Waals surface area contributed by atoms with E-state index in [1.807, 2.05) is 0 Å². The first-order valence-electron chi connectivity index (χ1n) is 5.63. The maximum atomic E-state index is 5.46. The molecule has 2 heteroatoms. The first kappa shape index (κ1) is 11.3. The van der Waals surface area contributed by atoms with Crippen molar-refractivity contribution in [2.24, 2.45) is 0 Å². The molecule has 2 nitrogen and oxygen atoms in total. The van der Waals surface area contributed by atoms with Crippen LogP contribution in [0.25, 0.3) is 0 Å². The Hall–Kier alpha value is -0.760. The van der Waals surface area contributed by atoms with Gasteiger partial charge in [0, 0.05) is 0 Å². The molecule has 0 aromatic heterocycles. The molecular formula is C12H21NO. The van der Waals surface area contributed by atoms with E-state index in [0.29, 0.717) is 0 Å². The maximum Gasteiger partial charge on any atom is 0.114 e. The summed E-state index contributed by atoms with van der Waals surface area (Å²) in [6.07, 6.45) is 11.0. The standard InChI is InChI=1S/C12H21NO/c1-2-9-13-10-5-3-7-12-8-4-6-11-14-12/h3,7-8,13H,2,4-6,9-11H2,1H3/b7-3+. The summed E-state index contributed by atoms with van der Waals surface area (Å²) in [5.41, 5.74) is 0. The van der Waals surface area contributed by atoms with Crippen molar-refractivity contribution in [3.05, 3.63) is 24.0 Å². The highest BCUT2D eigenvalue weighted by Crippen LogP contribution is 2.10. The summed E-state index contributed by atoms with van der Waals surface area (Å²) < 4.78 is 5.46. The summed E-state index contributed by atoms with van der Waals surface area (Å²) in [5, 5.41) is 3.36. The lowest BCUT2D eigenvalue weighted by molar-refractivity contribution is 0.206. The lowest BCUT2D eigenvalue weighted by Crippen LogP contribution is -2.15. The zero-order valence-corrected chi connectivity index (χ0v) is 9.09. The fraction of sp³-hybridized carbons (Fsp3) is 0.667. The molecule has 0 bridgehead atoms. The molecule has 0 aromatic carbocycles. The van der Waals surface area contributed by atoms with Crippen LogP contribution in [0.3, 0.4) is 0 Å². The van der Waals surface area contributed by atoms with Crippen LogP contribution in [0.1, 0.15) is 32.6 Å². The molecule has 0 aliphatic carbocycles. The predicted octanol–water partition coefficient (Wildman–Crippen LogP) is 2.63. The third-order valence-corrected chi connectivity index (χ3v) is 2.16. The highest BCUT2D eigenvalue weighted by molar-refractivity contribution is 5.13. The molecule has 0 atom stereocenters. The second-order valence-electron chi connectivity index (χ2n) is 3.54. The van der Waals surface area contributed by atoms with Crippen LogP contribution in [0.4, 0.5) is 0 Å². The van der Waals surface area contributed by atoms with Gasteiger partial charge in [0.25, 0.3) is 0 Å². The third kappa shape index (κ3) is 5.07. The van der Waals surface area contributed by atoms with E-state index >= 15 is 0 Å². The predicted molar refractivity (Wildman–Crippen MR) is 60.2 cm³/mol. The van der Waals surface area contributed by atoms with Gasteiger partial charge in [-0.15, -0.1) is 0 Å². The van der Waals surface area contributed by atoms with Gasteiger partial charge in [-0.1, -0.05) is 13.0 Å². The van der Waals surface area contributed by atoms with E-state index in [9.17, 15) is 0 Å². The molecule has 0 spiro atoms. The Morgan fingerprint density at radius 2 is 2.43 bits per heavy atom. The molecule has 14 heavy (non-hydrogen) atoms. The van der Waals surface area contributed by atoms with E-state index in [1.54, 1.807) is 0 Å². The molecule has 0 saturated carbocycles. The van der Waals surface area contributed by atoms with Gasteiger partial charge >= 0.3 is 0 Å². The molecule has 0 aromatic rings. The second-order valence-corrected chi connectivity index (χ2v) is 3.54. The molecule has 1 aliphatic rings. The zero-order valence-electron chi connectivity index (χ0n) is 9.09. The Balaban J connectivity index is 2.04. The van der Waals surface area contributed by atoms with E-state index in [0.717, 1.165) is 44.7 Å². The van der Waals surface area contributed by atoms with E-state index in [-0.39, 0.29) is 0 Å². The first-order chi connectivity index (χ1) is 6.93. The zero-order chi connectivity index (χ0) is 10.1. The van der Waals surface area contributed by atoms with Gasteiger partial charge in [0.15, 0.2) is 0 Å². The van der Waals surface area contributed by atoms with Gasteiger partial charge in [-0.05, 0) is 50.9 Å². The summed E-state index contributed by atoms with van der Waals surface area (Å²) in [7, 11) is 0. The largest absolute Gasteiger partial charge is 0.494 e. The molecule has 1 N–H and O–H groups in total. The molecule has 1 aliphatic heterocycles. The van der Waals surface area contributed by atoms with Gasteiger partial charge in [0.05, 0.1) is 6.61 Å². The number of rotatable bonds is 6. The van der Waals surface area contributed by atoms with Crippen LogP contribution >= 0.6 is 0 Å². The topological polar surface area (TPSA) is 21.3 Å². The van der Waals surface area contributed by atoms with Gasteiger partial charge in [-0.3, -0.25) is 0 Å². The van der Waals surface area contributed by atoms with Gasteiger partial charge in [0.1, 0.15) is 5.76 Å². The summed E-state index contributed by atoms with van der Waals surface area (Å²) >= 11 is 0. The van der Waals surface area contributed by atoms with E-state index in [1.165, 1.54) is 6.42 Å². The third-order valence-electron chi connectivity index (χ3n) is 2.16. The van der Waals surface area contributed by atoms with Gasteiger partial charge < -0.3 is 10.1 Å². The average Bonchev–Trinajstić information content (AvgIpc) is 2.25. The molecule has 0 amide bonds. The second kappa shape index (κ2) is 7.63. The van der Waals surface area contributed by atoms with Crippen molar-refractivity contribution in [2.75, 3.05) is 19.7 Å². The lowest BCUT2D eigenvalue weighted by Gasteiger charge is -2.11. The Bertz CT molecular complexity index is 196. The number of hydrogen-bond donors (Lipinski definition) is 1. The average molecular weight is 195 g/mol. The summed E-state index contributed by atoms with van der Waals surface area (Å²) in [4.78, 5) is 0. The smallest absolute Gasteiger partial charge is 0.114 e. The molecule has 1 heterocycles. The van der Waals surface area contributed by atoms with Crippen molar-refractivity contribution in [1.29, 1.82) is 0 Å². The summed E-state index contributed by atoms with van der Waals surface area (Å²) in [6.45, 7) is 5.25. The van der Waals surface area contributed by atoms with Crippen LogP contribution in [0.5, 0.6) is 0 Å². The van der Waals surface area contributed by atoms with Crippen molar-refractivity contribution in [3.63, 3.8) is 0 Å². The summed E-state index contributed by atoms with van der Waals surface area (Å²) in [6, 6.07) is 0. The van der Waals surface area contributed by atoms with Crippen LogP contribution in [0, 0.1) is 0 Å². The normalized spacial score (nSPS) is 16.8. The Morgan fingerprint density at radius 3 is 3.14 bits per heavy atom. The monoisotopic (exact) mass is 195 g/mol. The van der Waals surface area contributed by atoms with Crippen LogP contribution in [0.2, 0.25) is 0 Å².